The SMILES string of the molecule is O=C(CC1CCCC1)n1ccnc1. The van der Waals surface area contributed by atoms with E-state index in [1.807, 2.05) is 0 Å². The van der Waals surface area contributed by atoms with Crippen LogP contribution in [0.1, 0.15) is 36.9 Å². The normalized spacial score (nSPS) is 17.8. The van der Waals surface area contributed by atoms with Crippen molar-refractivity contribution in [3.8, 4) is 0 Å². The van der Waals surface area contributed by atoms with Gasteiger partial charge in [0.1, 0.15) is 6.33 Å². The summed E-state index contributed by atoms with van der Waals surface area (Å²) in [6, 6.07) is 0. The van der Waals surface area contributed by atoms with Crippen molar-refractivity contribution < 1.29 is 4.79 Å². The van der Waals surface area contributed by atoms with E-state index in [-0.39, 0.29) is 5.91 Å². The second kappa shape index (κ2) is 3.73. The molecule has 0 radical (unpaired) electrons. The lowest BCUT2D eigenvalue weighted by Crippen LogP contribution is -2.12. The summed E-state index contributed by atoms with van der Waals surface area (Å²) in [6.45, 7) is 0. The summed E-state index contributed by atoms with van der Waals surface area (Å²) >= 11 is 0. The van der Waals surface area contributed by atoms with Crippen molar-refractivity contribution in [1.82, 2.24) is 9.55 Å². The van der Waals surface area contributed by atoms with Gasteiger partial charge in [0.05, 0.1) is 0 Å². The standard InChI is InChI=1S/C10H14N2O/c13-10(12-6-5-11-8-12)7-9-3-1-2-4-9/h5-6,8-9H,1-4,7H2. The lowest BCUT2D eigenvalue weighted by Gasteiger charge is -2.06. The summed E-state index contributed by atoms with van der Waals surface area (Å²) in [5, 5.41) is 0. The Morgan fingerprint density at radius 2 is 2.23 bits per heavy atom. The van der Waals surface area contributed by atoms with Crippen molar-refractivity contribution in [2.24, 2.45) is 5.92 Å². The van der Waals surface area contributed by atoms with Crippen molar-refractivity contribution in [2.45, 2.75) is 32.1 Å². The highest BCUT2D eigenvalue weighted by atomic mass is 16.2. The Bertz CT molecular complexity index is 273. The van der Waals surface area contributed by atoms with Crippen LogP contribution in [0.25, 0.3) is 0 Å². The number of carbonyl (C=O) groups excluding carboxylic acids is 1. The van der Waals surface area contributed by atoms with Gasteiger partial charge in [-0.05, 0) is 18.8 Å². The lowest BCUT2D eigenvalue weighted by atomic mass is 10.0. The van der Waals surface area contributed by atoms with Gasteiger partial charge in [0.15, 0.2) is 0 Å². The monoisotopic (exact) mass is 178 g/mol. The second-order valence-corrected chi connectivity index (χ2v) is 3.72. The van der Waals surface area contributed by atoms with Gasteiger partial charge in [-0.1, -0.05) is 12.8 Å². The van der Waals surface area contributed by atoms with Gasteiger partial charge in [0, 0.05) is 18.8 Å². The highest BCUT2D eigenvalue weighted by Crippen LogP contribution is 2.27. The number of aromatic nitrogens is 2. The van der Waals surface area contributed by atoms with E-state index < -0.39 is 0 Å². The molecule has 2 rings (SSSR count). The van der Waals surface area contributed by atoms with Crippen LogP contribution in [0.4, 0.5) is 0 Å². The number of rotatable bonds is 2. The maximum Gasteiger partial charge on any atom is 0.232 e. The average Bonchev–Trinajstić information content (AvgIpc) is 2.74. The summed E-state index contributed by atoms with van der Waals surface area (Å²) < 4.78 is 1.58. The van der Waals surface area contributed by atoms with Gasteiger partial charge in [-0.25, -0.2) is 4.98 Å². The fourth-order valence-corrected chi connectivity index (χ4v) is 1.97. The molecule has 0 bridgehead atoms. The van der Waals surface area contributed by atoms with Gasteiger partial charge in [0.25, 0.3) is 0 Å². The molecule has 0 saturated heterocycles. The van der Waals surface area contributed by atoms with Gasteiger partial charge < -0.3 is 0 Å². The molecule has 1 saturated carbocycles. The second-order valence-electron chi connectivity index (χ2n) is 3.72. The molecule has 3 heteroatoms. The Hall–Kier alpha value is -1.12. The molecule has 0 aliphatic heterocycles. The van der Waals surface area contributed by atoms with Gasteiger partial charge >= 0.3 is 0 Å². The third-order valence-electron chi connectivity index (χ3n) is 2.73. The smallest absolute Gasteiger partial charge is 0.232 e. The molecule has 0 unspecified atom stereocenters. The maximum absolute atomic E-state index is 11.6. The highest BCUT2D eigenvalue weighted by molar-refractivity contribution is 5.78. The average molecular weight is 178 g/mol. The van der Waals surface area contributed by atoms with Crippen molar-refractivity contribution in [1.29, 1.82) is 0 Å². The molecular weight excluding hydrogens is 164 g/mol. The van der Waals surface area contributed by atoms with E-state index in [1.54, 1.807) is 23.3 Å². The van der Waals surface area contributed by atoms with E-state index in [0.29, 0.717) is 12.3 Å². The minimum absolute atomic E-state index is 0.185. The molecule has 13 heavy (non-hydrogen) atoms. The molecule has 0 spiro atoms. The maximum atomic E-state index is 11.6. The van der Waals surface area contributed by atoms with E-state index in [2.05, 4.69) is 4.98 Å². The Labute approximate surface area is 77.8 Å². The summed E-state index contributed by atoms with van der Waals surface area (Å²) in [5.41, 5.74) is 0. The number of hydrogen-bond acceptors (Lipinski definition) is 2. The molecule has 0 N–H and O–H groups in total. The Kier molecular flexibility index (Phi) is 2.43. The molecule has 0 aromatic carbocycles. The minimum atomic E-state index is 0.185. The molecule has 0 atom stereocenters. The topological polar surface area (TPSA) is 34.9 Å². The van der Waals surface area contributed by atoms with Gasteiger partial charge in [-0.2, -0.15) is 0 Å². The Morgan fingerprint density at radius 1 is 1.46 bits per heavy atom. The van der Waals surface area contributed by atoms with Crippen LogP contribution < -0.4 is 0 Å². The van der Waals surface area contributed by atoms with E-state index >= 15 is 0 Å². The van der Waals surface area contributed by atoms with Crippen molar-refractivity contribution in [3.63, 3.8) is 0 Å². The van der Waals surface area contributed by atoms with Crippen LogP contribution in [0.2, 0.25) is 0 Å². The lowest BCUT2D eigenvalue weighted by molar-refractivity contribution is 0.0880. The molecule has 1 fully saturated rings. The van der Waals surface area contributed by atoms with Crippen LogP contribution in [0.3, 0.4) is 0 Å². The van der Waals surface area contributed by atoms with Crippen LogP contribution in [0, 0.1) is 5.92 Å². The van der Waals surface area contributed by atoms with Crippen LogP contribution in [-0.4, -0.2) is 15.5 Å². The highest BCUT2D eigenvalue weighted by Gasteiger charge is 2.18. The van der Waals surface area contributed by atoms with E-state index in [0.717, 1.165) is 0 Å². The first kappa shape index (κ1) is 8.48. The first-order valence-electron chi connectivity index (χ1n) is 4.87. The molecule has 1 aliphatic carbocycles. The molecule has 1 heterocycles. The van der Waals surface area contributed by atoms with Gasteiger partial charge in [0.2, 0.25) is 5.91 Å². The third-order valence-corrected chi connectivity index (χ3v) is 2.73. The molecule has 1 aliphatic rings. The number of hydrogen-bond donors (Lipinski definition) is 0. The summed E-state index contributed by atoms with van der Waals surface area (Å²) in [6.07, 6.45) is 10.7. The molecule has 1 aromatic rings. The van der Waals surface area contributed by atoms with Crippen LogP contribution in [-0.2, 0) is 0 Å². The zero-order valence-electron chi connectivity index (χ0n) is 7.65. The predicted molar refractivity (Wildman–Crippen MR) is 49.4 cm³/mol. The molecule has 3 nitrogen and oxygen atoms in total. The van der Waals surface area contributed by atoms with Gasteiger partial charge in [-0.15, -0.1) is 0 Å². The summed E-state index contributed by atoms with van der Waals surface area (Å²) in [5.74, 6) is 0.805. The van der Waals surface area contributed by atoms with Crippen molar-refractivity contribution >= 4 is 5.91 Å². The first-order chi connectivity index (χ1) is 6.36. The minimum Gasteiger partial charge on any atom is -0.276 e. The molecular formula is C10H14N2O. The first-order valence-corrected chi connectivity index (χ1v) is 4.87. The van der Waals surface area contributed by atoms with Crippen LogP contribution in [0.5, 0.6) is 0 Å². The number of carbonyl (C=O) groups is 1. The van der Waals surface area contributed by atoms with E-state index in [9.17, 15) is 4.79 Å². The van der Waals surface area contributed by atoms with E-state index in [1.165, 1.54) is 25.7 Å². The predicted octanol–water partition coefficient (Wildman–Crippen LogP) is 2.10. The quantitative estimate of drug-likeness (QED) is 0.695. The van der Waals surface area contributed by atoms with Crippen molar-refractivity contribution in [2.75, 3.05) is 0 Å². The fraction of sp³-hybridized carbons (Fsp3) is 0.600. The van der Waals surface area contributed by atoms with Crippen LogP contribution >= 0.6 is 0 Å². The van der Waals surface area contributed by atoms with E-state index in [4.69, 9.17) is 0 Å². The number of imidazole rings is 1. The summed E-state index contributed by atoms with van der Waals surface area (Å²) in [7, 11) is 0. The number of nitrogens with zero attached hydrogens (tertiary/aromatic N) is 2. The zero-order valence-corrected chi connectivity index (χ0v) is 7.65. The summed E-state index contributed by atoms with van der Waals surface area (Å²) in [4.78, 5) is 15.4. The largest absolute Gasteiger partial charge is 0.276 e. The Morgan fingerprint density at radius 3 is 2.85 bits per heavy atom. The molecule has 0 amide bonds. The van der Waals surface area contributed by atoms with Crippen molar-refractivity contribution in [3.05, 3.63) is 18.7 Å². The molecule has 1 aromatic heterocycles. The molecule has 70 valence electrons. The van der Waals surface area contributed by atoms with Gasteiger partial charge in [-0.3, -0.25) is 9.36 Å². The fourth-order valence-electron chi connectivity index (χ4n) is 1.97. The third kappa shape index (κ3) is 1.97. The zero-order chi connectivity index (χ0) is 9.10. The van der Waals surface area contributed by atoms with Crippen LogP contribution in [0.15, 0.2) is 18.7 Å². The Balaban J connectivity index is 1.91.